The van der Waals surface area contributed by atoms with Crippen LogP contribution >= 0.6 is 22.7 Å². The molecule has 0 aliphatic carbocycles. The lowest BCUT2D eigenvalue weighted by Gasteiger charge is -2.22. The van der Waals surface area contributed by atoms with Crippen LogP contribution in [0.25, 0.3) is 0 Å². The Morgan fingerprint density at radius 3 is 2.83 bits per heavy atom. The van der Waals surface area contributed by atoms with Gasteiger partial charge in [-0.15, -0.1) is 21.5 Å². The average molecular weight is 282 g/mol. The average Bonchev–Trinajstić information content (AvgIpc) is 3.06. The minimum atomic E-state index is -0.102. The van der Waals surface area contributed by atoms with Crippen molar-refractivity contribution >= 4 is 33.7 Å². The third-order valence-corrected chi connectivity index (χ3v) is 4.65. The maximum atomic E-state index is 12.2. The predicted octanol–water partition coefficient (Wildman–Crippen LogP) is 2.47. The summed E-state index contributed by atoms with van der Waals surface area (Å²) >= 11 is 2.91. The molecule has 0 spiro atoms. The van der Waals surface area contributed by atoms with Gasteiger partial charge in [-0.3, -0.25) is 4.79 Å². The molecule has 5 nitrogen and oxygen atoms in total. The van der Waals surface area contributed by atoms with Gasteiger partial charge < -0.3 is 10.2 Å². The fourth-order valence-corrected chi connectivity index (χ4v) is 2.96. The smallest absolute Gasteiger partial charge is 0.285 e. The van der Waals surface area contributed by atoms with Gasteiger partial charge in [-0.1, -0.05) is 17.4 Å². The first kappa shape index (κ1) is 13.0. The van der Waals surface area contributed by atoms with E-state index in [4.69, 9.17) is 0 Å². The zero-order valence-electron chi connectivity index (χ0n) is 10.4. The Balaban J connectivity index is 2.13. The van der Waals surface area contributed by atoms with Gasteiger partial charge in [-0.2, -0.15) is 0 Å². The van der Waals surface area contributed by atoms with E-state index in [0.717, 1.165) is 4.88 Å². The van der Waals surface area contributed by atoms with Crippen LogP contribution in [0.5, 0.6) is 0 Å². The van der Waals surface area contributed by atoms with Gasteiger partial charge in [-0.05, 0) is 18.4 Å². The summed E-state index contributed by atoms with van der Waals surface area (Å²) in [5.41, 5.74) is 0. The van der Waals surface area contributed by atoms with E-state index < -0.39 is 0 Å². The number of thiophene rings is 1. The highest BCUT2D eigenvalue weighted by atomic mass is 32.1. The molecule has 0 bridgehead atoms. The Morgan fingerprint density at radius 2 is 2.28 bits per heavy atom. The molecule has 1 unspecified atom stereocenters. The monoisotopic (exact) mass is 282 g/mol. The summed E-state index contributed by atoms with van der Waals surface area (Å²) in [7, 11) is 3.54. The van der Waals surface area contributed by atoms with Crippen molar-refractivity contribution in [2.75, 3.05) is 19.4 Å². The fraction of sp³-hybridized carbons (Fsp3) is 0.364. The Kier molecular flexibility index (Phi) is 3.93. The Bertz CT molecular complexity index is 523. The minimum Gasteiger partial charge on any atom is -0.363 e. The fourth-order valence-electron chi connectivity index (χ4n) is 1.46. The second-order valence-corrected chi connectivity index (χ2v) is 5.73. The highest BCUT2D eigenvalue weighted by Gasteiger charge is 2.22. The first-order valence-corrected chi connectivity index (χ1v) is 7.15. The molecule has 0 fully saturated rings. The van der Waals surface area contributed by atoms with Crippen molar-refractivity contribution in [1.82, 2.24) is 15.1 Å². The minimum absolute atomic E-state index is 0.0411. The molecule has 1 N–H and O–H groups in total. The van der Waals surface area contributed by atoms with Crippen LogP contribution in [0.2, 0.25) is 0 Å². The number of rotatable bonds is 4. The lowest BCUT2D eigenvalue weighted by atomic mass is 10.2. The van der Waals surface area contributed by atoms with Crippen molar-refractivity contribution in [2.24, 2.45) is 0 Å². The molecule has 1 atom stereocenters. The topological polar surface area (TPSA) is 58.1 Å². The third kappa shape index (κ3) is 2.51. The maximum absolute atomic E-state index is 12.2. The highest BCUT2D eigenvalue weighted by molar-refractivity contribution is 7.17. The van der Waals surface area contributed by atoms with Gasteiger partial charge in [0, 0.05) is 19.0 Å². The molecule has 0 aliphatic heterocycles. The van der Waals surface area contributed by atoms with Crippen molar-refractivity contribution in [3.63, 3.8) is 0 Å². The first-order valence-electron chi connectivity index (χ1n) is 5.45. The van der Waals surface area contributed by atoms with Gasteiger partial charge in [0.1, 0.15) is 0 Å². The Hall–Kier alpha value is -1.47. The van der Waals surface area contributed by atoms with Gasteiger partial charge in [0.05, 0.1) is 6.04 Å². The largest absolute Gasteiger partial charge is 0.363 e. The number of nitrogens with zero attached hydrogens (tertiary/aromatic N) is 3. The van der Waals surface area contributed by atoms with E-state index in [0.29, 0.717) is 10.1 Å². The molecule has 1 amide bonds. The number of nitrogens with one attached hydrogen (secondary N) is 1. The standard InChI is InChI=1S/C11H14N4OS2/c1-7(8-5-4-6-17-8)15(3)10(16)9-13-14-11(12-2)18-9/h4-7H,1-3H3,(H,12,14). The molecule has 0 aromatic carbocycles. The van der Waals surface area contributed by atoms with Crippen molar-refractivity contribution in [3.8, 4) is 0 Å². The van der Waals surface area contributed by atoms with E-state index in [1.807, 2.05) is 24.4 Å². The summed E-state index contributed by atoms with van der Waals surface area (Å²) in [6.07, 6.45) is 0. The summed E-state index contributed by atoms with van der Waals surface area (Å²) in [4.78, 5) is 15.1. The second kappa shape index (κ2) is 5.45. The van der Waals surface area contributed by atoms with Crippen LogP contribution < -0.4 is 5.32 Å². The molecule has 18 heavy (non-hydrogen) atoms. The van der Waals surface area contributed by atoms with Gasteiger partial charge in [0.15, 0.2) is 0 Å². The van der Waals surface area contributed by atoms with Gasteiger partial charge in [-0.25, -0.2) is 0 Å². The molecule has 0 aliphatic rings. The van der Waals surface area contributed by atoms with Crippen LogP contribution in [0.3, 0.4) is 0 Å². The number of hydrogen-bond donors (Lipinski definition) is 1. The molecule has 0 saturated carbocycles. The second-order valence-electron chi connectivity index (χ2n) is 3.77. The molecule has 96 valence electrons. The molecule has 7 heteroatoms. The summed E-state index contributed by atoms with van der Waals surface area (Å²) in [5, 5.41) is 13.7. The normalized spacial score (nSPS) is 12.2. The summed E-state index contributed by atoms with van der Waals surface area (Å²) in [6, 6.07) is 4.05. The Labute approximate surface area is 113 Å². The molecule has 0 radical (unpaired) electrons. The van der Waals surface area contributed by atoms with E-state index in [9.17, 15) is 4.79 Å². The zero-order valence-corrected chi connectivity index (χ0v) is 12.0. The lowest BCUT2D eigenvalue weighted by molar-refractivity contribution is 0.0743. The number of aromatic nitrogens is 2. The van der Waals surface area contributed by atoms with Crippen LogP contribution in [0.15, 0.2) is 17.5 Å². The summed E-state index contributed by atoms with van der Waals surface area (Å²) < 4.78 is 0. The van der Waals surface area contributed by atoms with Crippen LogP contribution in [-0.2, 0) is 0 Å². The van der Waals surface area contributed by atoms with E-state index in [-0.39, 0.29) is 11.9 Å². The molecule has 2 aromatic heterocycles. The molecular weight excluding hydrogens is 268 g/mol. The lowest BCUT2D eigenvalue weighted by Crippen LogP contribution is -2.29. The first-order chi connectivity index (χ1) is 8.63. The van der Waals surface area contributed by atoms with Crippen molar-refractivity contribution < 1.29 is 4.79 Å². The van der Waals surface area contributed by atoms with E-state index in [1.54, 1.807) is 30.3 Å². The van der Waals surface area contributed by atoms with Crippen molar-refractivity contribution in [2.45, 2.75) is 13.0 Å². The number of amides is 1. The number of hydrogen-bond acceptors (Lipinski definition) is 6. The predicted molar refractivity (Wildman–Crippen MR) is 74.3 cm³/mol. The van der Waals surface area contributed by atoms with Crippen LogP contribution in [0, 0.1) is 0 Å². The van der Waals surface area contributed by atoms with Crippen LogP contribution in [0.1, 0.15) is 27.6 Å². The van der Waals surface area contributed by atoms with E-state index in [1.165, 1.54) is 11.3 Å². The van der Waals surface area contributed by atoms with Gasteiger partial charge in [0.25, 0.3) is 5.91 Å². The SMILES string of the molecule is CNc1nnc(C(=O)N(C)C(C)c2cccs2)s1. The summed E-state index contributed by atoms with van der Waals surface area (Å²) in [6.45, 7) is 2.00. The number of anilines is 1. The van der Waals surface area contributed by atoms with Crippen LogP contribution in [0.4, 0.5) is 5.13 Å². The third-order valence-electron chi connectivity index (χ3n) is 2.68. The van der Waals surface area contributed by atoms with E-state index in [2.05, 4.69) is 15.5 Å². The molecule has 2 aromatic rings. The highest BCUT2D eigenvalue weighted by Crippen LogP contribution is 2.25. The Morgan fingerprint density at radius 1 is 1.50 bits per heavy atom. The molecule has 2 heterocycles. The quantitative estimate of drug-likeness (QED) is 0.936. The van der Waals surface area contributed by atoms with Gasteiger partial charge in [0.2, 0.25) is 10.1 Å². The van der Waals surface area contributed by atoms with Crippen molar-refractivity contribution in [3.05, 3.63) is 27.4 Å². The van der Waals surface area contributed by atoms with E-state index >= 15 is 0 Å². The van der Waals surface area contributed by atoms with Crippen LogP contribution in [-0.4, -0.2) is 35.1 Å². The molecule has 2 rings (SSSR count). The number of carbonyl (C=O) groups excluding carboxylic acids is 1. The van der Waals surface area contributed by atoms with Crippen molar-refractivity contribution in [1.29, 1.82) is 0 Å². The zero-order chi connectivity index (χ0) is 13.1. The number of carbonyl (C=O) groups is 1. The maximum Gasteiger partial charge on any atom is 0.285 e. The molecule has 0 saturated heterocycles. The molecular formula is C11H14N4OS2. The van der Waals surface area contributed by atoms with Gasteiger partial charge >= 0.3 is 0 Å². The summed E-state index contributed by atoms with van der Waals surface area (Å²) in [5.74, 6) is -0.102.